The van der Waals surface area contributed by atoms with Gasteiger partial charge in [0.15, 0.2) is 23.1 Å². The summed E-state index contributed by atoms with van der Waals surface area (Å²) >= 11 is 1.36. The summed E-state index contributed by atoms with van der Waals surface area (Å²) in [6.07, 6.45) is 0. The molecule has 2 aliphatic carbocycles. The first-order valence-corrected chi connectivity index (χ1v) is 10.5. The maximum absolute atomic E-state index is 13.5. The van der Waals surface area contributed by atoms with Gasteiger partial charge in [-0.2, -0.15) is 0 Å². The number of ketones is 4. The molecule has 0 amide bonds. The van der Waals surface area contributed by atoms with Gasteiger partial charge in [-0.05, 0) is 11.4 Å². The third-order valence-electron chi connectivity index (χ3n) is 5.83. The van der Waals surface area contributed by atoms with Crippen molar-refractivity contribution in [2.45, 2.75) is 5.92 Å². The smallest absolute Gasteiger partial charge is 0.229 e. The maximum atomic E-state index is 13.5. The van der Waals surface area contributed by atoms with Crippen LogP contribution in [0.1, 0.15) is 52.2 Å². The Morgan fingerprint density at radius 3 is 1.45 bits per heavy atom. The molecule has 0 radical (unpaired) electrons. The van der Waals surface area contributed by atoms with Gasteiger partial charge in [0, 0.05) is 27.1 Å². The minimum Gasteiger partial charge on any atom is -0.448 e. The fraction of sp³-hybridized carbons (Fsp3) is 0.0400. The zero-order valence-electron chi connectivity index (χ0n) is 15.9. The van der Waals surface area contributed by atoms with Crippen LogP contribution in [0, 0.1) is 0 Å². The van der Waals surface area contributed by atoms with Gasteiger partial charge < -0.3 is 4.74 Å². The van der Waals surface area contributed by atoms with Crippen molar-refractivity contribution in [3.63, 3.8) is 0 Å². The van der Waals surface area contributed by atoms with E-state index in [9.17, 15) is 19.2 Å². The maximum Gasteiger partial charge on any atom is 0.229 e. The van der Waals surface area contributed by atoms with Gasteiger partial charge in [-0.3, -0.25) is 19.2 Å². The largest absolute Gasteiger partial charge is 0.448 e. The summed E-state index contributed by atoms with van der Waals surface area (Å²) < 4.78 is 5.82. The minimum atomic E-state index is -0.839. The van der Waals surface area contributed by atoms with E-state index < -0.39 is 17.5 Å². The second-order valence-electron chi connectivity index (χ2n) is 7.44. The fourth-order valence-electron chi connectivity index (χ4n) is 4.46. The highest BCUT2D eigenvalue weighted by atomic mass is 32.1. The molecule has 1 aliphatic heterocycles. The second-order valence-corrected chi connectivity index (χ2v) is 8.42. The molecule has 0 bridgehead atoms. The van der Waals surface area contributed by atoms with Crippen LogP contribution < -0.4 is 0 Å². The molecule has 0 fully saturated rings. The Morgan fingerprint density at radius 2 is 1.03 bits per heavy atom. The summed E-state index contributed by atoms with van der Waals surface area (Å²) in [5.41, 5.74) is 1.24. The van der Waals surface area contributed by atoms with Crippen molar-refractivity contribution >= 4 is 34.5 Å². The van der Waals surface area contributed by atoms with Gasteiger partial charge in [-0.1, -0.05) is 54.6 Å². The summed E-state index contributed by atoms with van der Waals surface area (Å²) in [5, 5.41) is 1.83. The topological polar surface area (TPSA) is 77.5 Å². The first-order chi connectivity index (χ1) is 15.1. The number of hydrogen-bond acceptors (Lipinski definition) is 6. The van der Waals surface area contributed by atoms with Crippen LogP contribution in [0.5, 0.6) is 0 Å². The number of fused-ring (bicyclic) bond motifs is 2. The molecule has 0 spiro atoms. The number of carbonyl (C=O) groups is 4. The molecular formula is C25H12O5S. The predicted molar refractivity (Wildman–Crippen MR) is 112 cm³/mol. The highest BCUT2D eigenvalue weighted by molar-refractivity contribution is 7.10. The Labute approximate surface area is 180 Å². The average molecular weight is 424 g/mol. The first-order valence-electron chi connectivity index (χ1n) is 9.64. The lowest BCUT2D eigenvalue weighted by Crippen LogP contribution is -2.36. The number of Topliss-reactive ketones (excluding diaryl/α,β-unsaturated/α-hetero) is 4. The number of thiophene rings is 1. The van der Waals surface area contributed by atoms with Crippen molar-refractivity contribution in [3.8, 4) is 0 Å². The van der Waals surface area contributed by atoms with Crippen LogP contribution in [0.3, 0.4) is 0 Å². The summed E-state index contributed by atoms with van der Waals surface area (Å²) in [4.78, 5) is 54.2. The van der Waals surface area contributed by atoms with E-state index in [4.69, 9.17) is 4.74 Å². The van der Waals surface area contributed by atoms with Crippen molar-refractivity contribution in [1.29, 1.82) is 0 Å². The van der Waals surface area contributed by atoms with Crippen molar-refractivity contribution in [3.05, 3.63) is 116 Å². The molecule has 6 heteroatoms. The van der Waals surface area contributed by atoms with E-state index in [0.29, 0.717) is 4.88 Å². The molecule has 0 saturated heterocycles. The molecule has 1 aromatic heterocycles. The first kappa shape index (κ1) is 17.9. The van der Waals surface area contributed by atoms with Crippen LogP contribution in [0.2, 0.25) is 0 Å². The van der Waals surface area contributed by atoms with E-state index >= 15 is 0 Å². The van der Waals surface area contributed by atoms with Crippen molar-refractivity contribution < 1.29 is 23.9 Å². The normalized spacial score (nSPS) is 17.8. The number of rotatable bonds is 1. The van der Waals surface area contributed by atoms with Crippen LogP contribution >= 0.6 is 11.3 Å². The van der Waals surface area contributed by atoms with E-state index in [1.165, 1.54) is 11.3 Å². The molecule has 0 N–H and O–H groups in total. The van der Waals surface area contributed by atoms with Gasteiger partial charge in [-0.15, -0.1) is 11.3 Å². The van der Waals surface area contributed by atoms with Gasteiger partial charge in [0.1, 0.15) is 0 Å². The second kappa shape index (κ2) is 6.30. The van der Waals surface area contributed by atoms with Gasteiger partial charge in [0.2, 0.25) is 11.6 Å². The summed E-state index contributed by atoms with van der Waals surface area (Å²) in [6.45, 7) is 0. The van der Waals surface area contributed by atoms with Crippen molar-refractivity contribution in [1.82, 2.24) is 0 Å². The van der Waals surface area contributed by atoms with Gasteiger partial charge in [0.25, 0.3) is 0 Å². The lowest BCUT2D eigenvalue weighted by atomic mass is 9.72. The monoisotopic (exact) mass is 424 g/mol. The summed E-state index contributed by atoms with van der Waals surface area (Å²) in [6, 6.07) is 16.7. The molecule has 3 aromatic rings. The Hall–Kier alpha value is -3.90. The number of hydrogen-bond donors (Lipinski definition) is 0. The zero-order valence-corrected chi connectivity index (χ0v) is 16.7. The molecular weight excluding hydrogens is 412 g/mol. The molecule has 0 saturated carbocycles. The molecule has 0 unspecified atom stereocenters. The van der Waals surface area contributed by atoms with Crippen LogP contribution in [-0.2, 0) is 4.74 Å². The van der Waals surface area contributed by atoms with E-state index in [0.717, 1.165) is 0 Å². The van der Waals surface area contributed by atoms with Crippen LogP contribution in [0.25, 0.3) is 0 Å². The molecule has 31 heavy (non-hydrogen) atoms. The number of ether oxygens (including phenoxy) is 1. The molecule has 3 aliphatic rings. The highest BCUT2D eigenvalue weighted by Gasteiger charge is 2.49. The lowest BCUT2D eigenvalue weighted by molar-refractivity contribution is 0.0822. The SMILES string of the molecule is O=C1C2=C(C(=O)c3ccccc31)C(c1cccs1)C1=C(O2)C(=O)c2ccccc2C1=O. The number of carbonyl (C=O) groups excluding carboxylic acids is 4. The average Bonchev–Trinajstić information content (AvgIpc) is 3.34. The van der Waals surface area contributed by atoms with Crippen molar-refractivity contribution in [2.75, 3.05) is 0 Å². The van der Waals surface area contributed by atoms with Gasteiger partial charge in [-0.25, -0.2) is 0 Å². The number of allylic oxidation sites excluding steroid dienone is 4. The number of benzene rings is 2. The van der Waals surface area contributed by atoms with Crippen LogP contribution in [0.15, 0.2) is 88.7 Å². The van der Waals surface area contributed by atoms with Gasteiger partial charge in [0.05, 0.1) is 17.1 Å². The molecule has 5 nitrogen and oxygen atoms in total. The van der Waals surface area contributed by atoms with E-state index in [1.807, 2.05) is 11.4 Å². The fourth-order valence-corrected chi connectivity index (χ4v) is 5.30. The Balaban J connectivity index is 1.64. The molecule has 148 valence electrons. The quantitative estimate of drug-likeness (QED) is 0.574. The van der Waals surface area contributed by atoms with Crippen LogP contribution in [-0.4, -0.2) is 23.1 Å². The standard InChI is InChI=1S/C25H12O5S/c26-20-12-6-1-3-8-14(12)22(28)24-18(20)17(16-10-5-11-31-16)19-21(27)13-7-2-4-9-15(13)23(29)25(19)30-24/h1-11,17H. The zero-order chi connectivity index (χ0) is 21.3. The minimum absolute atomic E-state index is 0.116. The highest BCUT2D eigenvalue weighted by Crippen LogP contribution is 2.49. The Bertz CT molecular complexity index is 1330. The van der Waals surface area contributed by atoms with Crippen molar-refractivity contribution in [2.24, 2.45) is 0 Å². The summed E-state index contributed by atoms with van der Waals surface area (Å²) in [5.74, 6) is -2.82. The molecule has 6 rings (SSSR count). The van der Waals surface area contributed by atoms with E-state index in [1.54, 1.807) is 54.6 Å². The van der Waals surface area contributed by atoms with E-state index in [2.05, 4.69) is 0 Å². The third-order valence-corrected chi connectivity index (χ3v) is 6.77. The third kappa shape index (κ3) is 2.30. The lowest BCUT2D eigenvalue weighted by Gasteiger charge is -2.34. The molecule has 2 aromatic carbocycles. The predicted octanol–water partition coefficient (Wildman–Crippen LogP) is 4.53. The van der Waals surface area contributed by atoms with E-state index in [-0.39, 0.29) is 56.5 Å². The molecule has 2 heterocycles. The Kier molecular flexibility index (Phi) is 3.64. The Morgan fingerprint density at radius 1 is 0.581 bits per heavy atom. The molecule has 0 atom stereocenters. The van der Waals surface area contributed by atoms with Gasteiger partial charge >= 0.3 is 0 Å². The summed E-state index contributed by atoms with van der Waals surface area (Å²) in [7, 11) is 0. The van der Waals surface area contributed by atoms with Crippen LogP contribution in [0.4, 0.5) is 0 Å².